The number of nitrogens with two attached hydrogens (primary N) is 1. The zero-order chi connectivity index (χ0) is 21.4. The molecule has 1 aliphatic rings. The van der Waals surface area contributed by atoms with Gasteiger partial charge in [-0.2, -0.15) is 0 Å². The second-order valence-corrected chi connectivity index (χ2v) is 8.18. The molecule has 1 aromatic carbocycles. The Morgan fingerprint density at radius 3 is 2.77 bits per heavy atom. The molecule has 0 aliphatic carbocycles. The first-order valence-corrected chi connectivity index (χ1v) is 10.4. The quantitative estimate of drug-likeness (QED) is 0.623. The number of nitrogens with one attached hydrogen (secondary N) is 2. The molecule has 2 heterocycles. The molecule has 3 rings (SSSR count). The maximum Gasteiger partial charge on any atom is 0.0753 e. The number of nitrogens with zero attached hydrogens (tertiary/aromatic N) is 2. The highest BCUT2D eigenvalue weighted by Crippen LogP contribution is 2.20. The van der Waals surface area contributed by atoms with Crippen LogP contribution >= 0.6 is 0 Å². The van der Waals surface area contributed by atoms with Crippen molar-refractivity contribution in [3.63, 3.8) is 0 Å². The van der Waals surface area contributed by atoms with Crippen molar-refractivity contribution in [2.24, 2.45) is 5.73 Å². The number of aromatic nitrogens is 1. The van der Waals surface area contributed by atoms with E-state index in [0.717, 1.165) is 48.6 Å². The van der Waals surface area contributed by atoms with Gasteiger partial charge in [-0.25, -0.2) is 0 Å². The molecular formula is C24H33N5O. The van der Waals surface area contributed by atoms with Gasteiger partial charge in [0.2, 0.25) is 0 Å². The molecule has 30 heavy (non-hydrogen) atoms. The van der Waals surface area contributed by atoms with Gasteiger partial charge in [-0.15, -0.1) is 0 Å². The van der Waals surface area contributed by atoms with Crippen molar-refractivity contribution < 1.29 is 4.74 Å². The molecular weight excluding hydrogens is 374 g/mol. The van der Waals surface area contributed by atoms with Crippen molar-refractivity contribution >= 4 is 17.3 Å². The van der Waals surface area contributed by atoms with E-state index in [4.69, 9.17) is 10.5 Å². The van der Waals surface area contributed by atoms with Gasteiger partial charge in [-0.3, -0.25) is 9.88 Å². The van der Waals surface area contributed by atoms with E-state index in [-0.39, 0.29) is 5.60 Å². The second kappa shape index (κ2) is 10.4. The Kier molecular flexibility index (Phi) is 7.63. The molecule has 0 spiro atoms. The van der Waals surface area contributed by atoms with Gasteiger partial charge in [-0.1, -0.05) is 12.1 Å². The summed E-state index contributed by atoms with van der Waals surface area (Å²) >= 11 is 0. The summed E-state index contributed by atoms with van der Waals surface area (Å²) in [5, 5.41) is 6.49. The van der Waals surface area contributed by atoms with Crippen LogP contribution in [0.25, 0.3) is 11.6 Å². The highest BCUT2D eigenvalue weighted by atomic mass is 16.5. The number of likely N-dealkylation sites (N-methyl/N-ethyl adjacent to an activating group) is 1. The Hall–Kier alpha value is -2.67. The number of hydrogen-bond acceptors (Lipinski definition) is 6. The van der Waals surface area contributed by atoms with Crippen molar-refractivity contribution in [3.05, 3.63) is 71.8 Å². The second-order valence-electron chi connectivity index (χ2n) is 8.18. The molecule has 1 fully saturated rings. The normalized spacial score (nSPS) is 17.4. The van der Waals surface area contributed by atoms with Gasteiger partial charge < -0.3 is 21.1 Å². The topological polar surface area (TPSA) is 75.4 Å². The van der Waals surface area contributed by atoms with E-state index in [0.29, 0.717) is 6.54 Å². The minimum absolute atomic E-state index is 0.0676. The molecule has 1 saturated heterocycles. The molecule has 0 atom stereocenters. The summed E-state index contributed by atoms with van der Waals surface area (Å²) in [4.78, 5) is 6.69. The van der Waals surface area contributed by atoms with Gasteiger partial charge >= 0.3 is 0 Å². The van der Waals surface area contributed by atoms with Crippen LogP contribution < -0.4 is 16.4 Å². The van der Waals surface area contributed by atoms with Gasteiger partial charge in [0.15, 0.2) is 0 Å². The monoisotopic (exact) mass is 407 g/mol. The largest absolute Gasteiger partial charge is 0.404 e. The fourth-order valence-electron chi connectivity index (χ4n) is 3.71. The van der Waals surface area contributed by atoms with E-state index in [1.807, 2.05) is 31.6 Å². The standard InChI is InChI=1S/C24H33N5O/c1-24(2)18-29(12-13-30-24)17-19-4-6-22(7-5-19)28-11-8-20-16-27-10-9-23(20)21(14-25)15-26-3/h4-11,14,16,26,28H,12-13,15,17-18,25H2,1-3H3/b11-8+,21-14+. The summed E-state index contributed by atoms with van der Waals surface area (Å²) in [6, 6.07) is 10.6. The minimum atomic E-state index is -0.0676. The third-order valence-electron chi connectivity index (χ3n) is 5.14. The first-order valence-electron chi connectivity index (χ1n) is 10.4. The fourth-order valence-corrected chi connectivity index (χ4v) is 3.71. The molecule has 0 saturated carbocycles. The zero-order valence-electron chi connectivity index (χ0n) is 18.2. The number of pyridine rings is 1. The Labute approximate surface area is 179 Å². The summed E-state index contributed by atoms with van der Waals surface area (Å²) in [5.41, 5.74) is 11.2. The van der Waals surface area contributed by atoms with Gasteiger partial charge in [0.25, 0.3) is 0 Å². The van der Waals surface area contributed by atoms with Crippen LogP contribution in [0.1, 0.15) is 30.5 Å². The molecule has 0 radical (unpaired) electrons. The van der Waals surface area contributed by atoms with Gasteiger partial charge in [0, 0.05) is 56.0 Å². The summed E-state index contributed by atoms with van der Waals surface area (Å²) in [7, 11) is 1.91. The van der Waals surface area contributed by atoms with E-state index in [2.05, 4.69) is 58.6 Å². The van der Waals surface area contributed by atoms with E-state index in [1.165, 1.54) is 5.56 Å². The molecule has 1 aliphatic heterocycles. The van der Waals surface area contributed by atoms with E-state index in [1.54, 1.807) is 12.4 Å². The Bertz CT molecular complexity index is 873. The maximum atomic E-state index is 5.80. The van der Waals surface area contributed by atoms with E-state index < -0.39 is 0 Å². The lowest BCUT2D eigenvalue weighted by atomic mass is 10.0. The maximum absolute atomic E-state index is 5.80. The lowest BCUT2D eigenvalue weighted by molar-refractivity contribution is -0.0882. The smallest absolute Gasteiger partial charge is 0.0753 e. The lowest BCUT2D eigenvalue weighted by Gasteiger charge is -2.38. The number of morpholine rings is 1. The highest BCUT2D eigenvalue weighted by Gasteiger charge is 2.26. The molecule has 0 unspecified atom stereocenters. The first-order chi connectivity index (χ1) is 14.5. The summed E-state index contributed by atoms with van der Waals surface area (Å²) in [5.74, 6) is 0. The molecule has 1 aromatic heterocycles. The van der Waals surface area contributed by atoms with Crippen LogP contribution in [0.15, 0.2) is 55.1 Å². The van der Waals surface area contributed by atoms with Crippen LogP contribution in [0, 0.1) is 0 Å². The molecule has 6 nitrogen and oxygen atoms in total. The molecule has 0 amide bonds. The van der Waals surface area contributed by atoms with Crippen molar-refractivity contribution in [1.29, 1.82) is 0 Å². The SMILES string of the molecule is CNC/C(=C\N)c1ccncc1/C=C/Nc1ccc(CN2CCOC(C)(C)C2)cc1. The first kappa shape index (κ1) is 22.0. The van der Waals surface area contributed by atoms with Gasteiger partial charge in [0.1, 0.15) is 0 Å². The Balaban J connectivity index is 1.60. The van der Waals surface area contributed by atoms with Crippen LogP contribution in [-0.4, -0.2) is 48.8 Å². The van der Waals surface area contributed by atoms with E-state index in [9.17, 15) is 0 Å². The Morgan fingerprint density at radius 2 is 2.07 bits per heavy atom. The average Bonchev–Trinajstić information content (AvgIpc) is 2.73. The lowest BCUT2D eigenvalue weighted by Crippen LogP contribution is -2.47. The summed E-state index contributed by atoms with van der Waals surface area (Å²) < 4.78 is 5.80. The third kappa shape index (κ3) is 6.16. The van der Waals surface area contributed by atoms with Crippen molar-refractivity contribution in [2.75, 3.05) is 38.6 Å². The number of ether oxygens (including phenoxy) is 1. The van der Waals surface area contributed by atoms with Crippen LogP contribution in [-0.2, 0) is 11.3 Å². The van der Waals surface area contributed by atoms with Gasteiger partial charge in [0.05, 0.1) is 12.2 Å². The van der Waals surface area contributed by atoms with Crippen LogP contribution in [0.3, 0.4) is 0 Å². The number of benzene rings is 1. The molecule has 2 aromatic rings. The highest BCUT2D eigenvalue weighted by molar-refractivity contribution is 5.74. The number of anilines is 1. The summed E-state index contributed by atoms with van der Waals surface area (Å²) in [6.45, 7) is 8.68. The minimum Gasteiger partial charge on any atom is -0.404 e. The molecule has 160 valence electrons. The average molecular weight is 408 g/mol. The Morgan fingerprint density at radius 1 is 1.27 bits per heavy atom. The zero-order valence-corrected chi connectivity index (χ0v) is 18.2. The van der Waals surface area contributed by atoms with E-state index >= 15 is 0 Å². The van der Waals surface area contributed by atoms with Crippen LogP contribution in [0.5, 0.6) is 0 Å². The third-order valence-corrected chi connectivity index (χ3v) is 5.14. The molecule has 6 heteroatoms. The van der Waals surface area contributed by atoms with Crippen molar-refractivity contribution in [3.8, 4) is 0 Å². The summed E-state index contributed by atoms with van der Waals surface area (Å²) in [6.07, 6.45) is 9.23. The van der Waals surface area contributed by atoms with Crippen molar-refractivity contribution in [1.82, 2.24) is 15.2 Å². The van der Waals surface area contributed by atoms with Gasteiger partial charge in [-0.05, 0) is 68.1 Å². The predicted octanol–water partition coefficient (Wildman–Crippen LogP) is 3.29. The number of hydrogen-bond donors (Lipinski definition) is 3. The van der Waals surface area contributed by atoms with Crippen molar-refractivity contribution in [2.45, 2.75) is 26.0 Å². The molecule has 0 bridgehead atoms. The number of rotatable bonds is 8. The molecule has 4 N–H and O–H groups in total. The predicted molar refractivity (Wildman–Crippen MR) is 125 cm³/mol. The fraction of sp³-hybridized carbons (Fsp3) is 0.375. The van der Waals surface area contributed by atoms with Crippen LogP contribution in [0.4, 0.5) is 5.69 Å². The van der Waals surface area contributed by atoms with Crippen LogP contribution in [0.2, 0.25) is 0 Å².